The maximum absolute atomic E-state index is 11.8. The molecule has 1 heterocycles. The van der Waals surface area contributed by atoms with E-state index in [4.69, 9.17) is 4.74 Å². The van der Waals surface area contributed by atoms with Gasteiger partial charge in [0, 0.05) is 18.5 Å². The predicted molar refractivity (Wildman–Crippen MR) is 55.5 cm³/mol. The second kappa shape index (κ2) is 3.37. The van der Waals surface area contributed by atoms with Gasteiger partial charge in [-0.15, -0.1) is 0 Å². The van der Waals surface area contributed by atoms with E-state index in [1.54, 1.807) is 4.90 Å². The van der Waals surface area contributed by atoms with E-state index in [1.165, 1.54) is 0 Å². The minimum absolute atomic E-state index is 0.194. The smallest absolute Gasteiger partial charge is 0.410 e. The van der Waals surface area contributed by atoms with E-state index in [-0.39, 0.29) is 24.2 Å². The number of hydrogen-bond acceptors (Lipinski definition) is 3. The Morgan fingerprint density at radius 1 is 1.40 bits per heavy atom. The molecule has 1 N–H and O–H groups in total. The number of fused-ring (bicyclic) bond motifs is 2. The van der Waals surface area contributed by atoms with Crippen molar-refractivity contribution in [2.24, 2.45) is 5.92 Å². The first-order chi connectivity index (χ1) is 6.87. The monoisotopic (exact) mass is 213 g/mol. The highest BCUT2D eigenvalue weighted by molar-refractivity contribution is 5.69. The fourth-order valence-corrected chi connectivity index (χ4v) is 2.47. The summed E-state index contributed by atoms with van der Waals surface area (Å²) in [5.74, 6) is 0.266. The second-order valence-corrected chi connectivity index (χ2v) is 5.59. The van der Waals surface area contributed by atoms with Crippen molar-refractivity contribution >= 4 is 6.09 Å². The highest BCUT2D eigenvalue weighted by Crippen LogP contribution is 2.38. The molecule has 1 saturated heterocycles. The third-order valence-corrected chi connectivity index (χ3v) is 3.13. The number of piperidine rings is 1. The molecule has 2 aliphatic rings. The van der Waals surface area contributed by atoms with Crippen molar-refractivity contribution in [1.82, 2.24) is 4.90 Å². The zero-order valence-electron chi connectivity index (χ0n) is 9.56. The minimum atomic E-state index is -0.433. The maximum Gasteiger partial charge on any atom is 0.410 e. The number of aliphatic hydroxyl groups is 1. The number of hydrogen-bond donors (Lipinski definition) is 1. The maximum atomic E-state index is 11.8. The van der Waals surface area contributed by atoms with Gasteiger partial charge in [0.25, 0.3) is 0 Å². The van der Waals surface area contributed by atoms with Crippen LogP contribution < -0.4 is 0 Å². The van der Waals surface area contributed by atoms with Gasteiger partial charge in [-0.1, -0.05) is 0 Å². The first kappa shape index (κ1) is 10.7. The molecule has 0 aromatic heterocycles. The molecule has 4 nitrogen and oxygen atoms in total. The summed E-state index contributed by atoms with van der Waals surface area (Å²) in [5, 5.41) is 9.57. The number of amides is 1. The van der Waals surface area contributed by atoms with E-state index >= 15 is 0 Å². The lowest BCUT2D eigenvalue weighted by atomic mass is 10.1. The Morgan fingerprint density at radius 3 is 2.47 bits per heavy atom. The van der Waals surface area contributed by atoms with E-state index in [0.717, 1.165) is 6.42 Å². The summed E-state index contributed by atoms with van der Waals surface area (Å²) >= 11 is 0. The van der Waals surface area contributed by atoms with Gasteiger partial charge in [-0.05, 0) is 33.6 Å². The van der Waals surface area contributed by atoms with Crippen LogP contribution in [-0.2, 0) is 4.74 Å². The Labute approximate surface area is 90.2 Å². The van der Waals surface area contributed by atoms with Crippen LogP contribution >= 0.6 is 0 Å². The lowest BCUT2D eigenvalue weighted by molar-refractivity contribution is 0.00788. The van der Waals surface area contributed by atoms with E-state index < -0.39 is 5.60 Å². The molecule has 0 radical (unpaired) electrons. The molecule has 1 saturated carbocycles. The van der Waals surface area contributed by atoms with Crippen LogP contribution in [0.3, 0.4) is 0 Å². The molecule has 1 aliphatic heterocycles. The topological polar surface area (TPSA) is 49.8 Å². The van der Waals surface area contributed by atoms with Gasteiger partial charge in [-0.2, -0.15) is 0 Å². The van der Waals surface area contributed by atoms with Crippen molar-refractivity contribution in [2.75, 3.05) is 6.54 Å². The number of aliphatic hydroxyl groups excluding tert-OH is 1. The standard InChI is InChI=1S/C11H19NO3/c1-11(2,3)15-10(14)12-6-7-4-8(12)5-9(7)13/h7-9,13H,4-6H2,1-3H3/t7-,8-,9?/m0/s1. The summed E-state index contributed by atoms with van der Waals surface area (Å²) in [7, 11) is 0. The average molecular weight is 213 g/mol. The Hall–Kier alpha value is -0.770. The van der Waals surface area contributed by atoms with Gasteiger partial charge in [-0.25, -0.2) is 4.79 Å². The normalized spacial score (nSPS) is 34.7. The number of likely N-dealkylation sites (tertiary alicyclic amines) is 1. The molecule has 3 atom stereocenters. The highest BCUT2D eigenvalue weighted by Gasteiger charge is 2.46. The van der Waals surface area contributed by atoms with Gasteiger partial charge in [0.15, 0.2) is 0 Å². The van der Waals surface area contributed by atoms with Crippen LogP contribution in [0.5, 0.6) is 0 Å². The summed E-state index contributed by atoms with van der Waals surface area (Å²) in [6.45, 7) is 6.26. The SMILES string of the molecule is CC(C)(C)OC(=O)N1C[C@@H]2C[C@H]1CC2O. The van der Waals surface area contributed by atoms with Crippen molar-refractivity contribution in [1.29, 1.82) is 0 Å². The zero-order valence-corrected chi connectivity index (χ0v) is 9.56. The third-order valence-electron chi connectivity index (χ3n) is 3.13. The van der Waals surface area contributed by atoms with Crippen LogP contribution in [0.4, 0.5) is 4.79 Å². The lowest BCUT2D eigenvalue weighted by Crippen LogP contribution is -2.44. The molecule has 15 heavy (non-hydrogen) atoms. The highest BCUT2D eigenvalue weighted by atomic mass is 16.6. The lowest BCUT2D eigenvalue weighted by Gasteiger charge is -2.31. The van der Waals surface area contributed by atoms with Crippen molar-refractivity contribution in [3.05, 3.63) is 0 Å². The minimum Gasteiger partial charge on any atom is -0.444 e. The quantitative estimate of drug-likeness (QED) is 0.661. The molecular weight excluding hydrogens is 194 g/mol. The number of rotatable bonds is 0. The van der Waals surface area contributed by atoms with Crippen LogP contribution in [0.1, 0.15) is 33.6 Å². The first-order valence-electron chi connectivity index (χ1n) is 5.54. The molecule has 1 amide bonds. The molecule has 1 unspecified atom stereocenters. The molecule has 0 aromatic rings. The van der Waals surface area contributed by atoms with Crippen molar-refractivity contribution in [3.63, 3.8) is 0 Å². The summed E-state index contributed by atoms with van der Waals surface area (Å²) < 4.78 is 5.31. The summed E-state index contributed by atoms with van der Waals surface area (Å²) in [4.78, 5) is 13.5. The molecule has 4 heteroatoms. The molecule has 2 fully saturated rings. The summed E-state index contributed by atoms with van der Waals surface area (Å²) in [6, 6.07) is 0.194. The predicted octanol–water partition coefficient (Wildman–Crippen LogP) is 1.38. The molecule has 0 aromatic carbocycles. The molecule has 0 spiro atoms. The van der Waals surface area contributed by atoms with Crippen molar-refractivity contribution in [3.8, 4) is 0 Å². The van der Waals surface area contributed by atoms with Gasteiger partial charge in [0.1, 0.15) is 5.60 Å². The molecule has 2 rings (SSSR count). The van der Waals surface area contributed by atoms with Gasteiger partial charge in [-0.3, -0.25) is 0 Å². The third kappa shape index (κ3) is 2.09. The van der Waals surface area contributed by atoms with Crippen molar-refractivity contribution in [2.45, 2.75) is 51.4 Å². The second-order valence-electron chi connectivity index (χ2n) is 5.59. The first-order valence-corrected chi connectivity index (χ1v) is 5.54. The number of nitrogens with zero attached hydrogens (tertiary/aromatic N) is 1. The Balaban J connectivity index is 1.94. The number of carbonyl (C=O) groups excluding carboxylic acids is 1. The van der Waals surface area contributed by atoms with Crippen LogP contribution in [-0.4, -0.2) is 40.4 Å². The average Bonchev–Trinajstić information content (AvgIpc) is 2.58. The number of carbonyl (C=O) groups is 1. The molecule has 2 bridgehead atoms. The van der Waals surface area contributed by atoms with Gasteiger partial charge in [0.2, 0.25) is 0 Å². The Kier molecular flexibility index (Phi) is 2.41. The van der Waals surface area contributed by atoms with Crippen LogP contribution in [0, 0.1) is 5.92 Å². The van der Waals surface area contributed by atoms with E-state index in [0.29, 0.717) is 13.0 Å². The fourth-order valence-electron chi connectivity index (χ4n) is 2.47. The van der Waals surface area contributed by atoms with E-state index in [9.17, 15) is 9.90 Å². The van der Waals surface area contributed by atoms with Crippen LogP contribution in [0.2, 0.25) is 0 Å². The molecule has 86 valence electrons. The summed E-state index contributed by atoms with van der Waals surface area (Å²) in [6.07, 6.45) is 1.19. The summed E-state index contributed by atoms with van der Waals surface area (Å²) in [5.41, 5.74) is -0.433. The zero-order chi connectivity index (χ0) is 11.2. The van der Waals surface area contributed by atoms with Crippen LogP contribution in [0.25, 0.3) is 0 Å². The van der Waals surface area contributed by atoms with Crippen molar-refractivity contribution < 1.29 is 14.6 Å². The van der Waals surface area contributed by atoms with Crippen LogP contribution in [0.15, 0.2) is 0 Å². The van der Waals surface area contributed by atoms with Gasteiger partial charge < -0.3 is 14.7 Å². The number of ether oxygens (including phenoxy) is 1. The van der Waals surface area contributed by atoms with E-state index in [2.05, 4.69) is 0 Å². The Morgan fingerprint density at radius 2 is 2.07 bits per heavy atom. The Bertz CT molecular complexity index is 269. The van der Waals surface area contributed by atoms with Gasteiger partial charge >= 0.3 is 6.09 Å². The largest absolute Gasteiger partial charge is 0.444 e. The fraction of sp³-hybridized carbons (Fsp3) is 0.909. The molecule has 1 aliphatic carbocycles. The molecular formula is C11H19NO3. The van der Waals surface area contributed by atoms with Gasteiger partial charge in [0.05, 0.1) is 6.10 Å². The van der Waals surface area contributed by atoms with E-state index in [1.807, 2.05) is 20.8 Å².